The Kier molecular flexibility index (Phi) is 5.45. The van der Waals surface area contributed by atoms with Crippen LogP contribution in [0.3, 0.4) is 0 Å². The average Bonchev–Trinajstić information content (AvgIpc) is 3.26. The maximum absolute atomic E-state index is 12.6. The Labute approximate surface area is 158 Å². The lowest BCUT2D eigenvalue weighted by Crippen LogP contribution is -2.29. The number of anilines is 1. The Morgan fingerprint density at radius 1 is 1.23 bits per heavy atom. The summed E-state index contributed by atoms with van der Waals surface area (Å²) in [5, 5.41) is 5.28. The van der Waals surface area contributed by atoms with Crippen LogP contribution in [-0.2, 0) is 14.8 Å². The van der Waals surface area contributed by atoms with Crippen LogP contribution in [-0.4, -0.2) is 25.9 Å². The van der Waals surface area contributed by atoms with Gasteiger partial charge in [0, 0.05) is 24.3 Å². The van der Waals surface area contributed by atoms with Gasteiger partial charge >= 0.3 is 0 Å². The largest absolute Gasteiger partial charge is 0.302 e. The number of carbonyl (C=O) groups is 1. The highest BCUT2D eigenvalue weighted by atomic mass is 32.2. The van der Waals surface area contributed by atoms with Crippen molar-refractivity contribution in [2.45, 2.75) is 50.8 Å². The summed E-state index contributed by atoms with van der Waals surface area (Å²) < 4.78 is 27.6. The predicted molar refractivity (Wildman–Crippen MR) is 103 cm³/mol. The number of aromatic nitrogens is 1. The van der Waals surface area contributed by atoms with Gasteiger partial charge in [-0.2, -0.15) is 0 Å². The number of nitrogens with zero attached hydrogens (tertiary/aromatic N) is 1. The summed E-state index contributed by atoms with van der Waals surface area (Å²) in [7, 11) is -3.65. The SMILES string of the molecule is Cc1cc(C)c(S(=O)(=O)NCCC(=O)Nc2nc(C3CC3)cs2)c(C)c1. The molecular weight excluding hydrogens is 370 g/mol. The molecule has 0 saturated heterocycles. The molecule has 1 amide bonds. The van der Waals surface area contributed by atoms with Gasteiger partial charge < -0.3 is 5.32 Å². The van der Waals surface area contributed by atoms with Gasteiger partial charge in [0.25, 0.3) is 0 Å². The van der Waals surface area contributed by atoms with E-state index in [0.717, 1.165) is 24.1 Å². The summed E-state index contributed by atoms with van der Waals surface area (Å²) in [6, 6.07) is 3.68. The van der Waals surface area contributed by atoms with Crippen molar-refractivity contribution in [3.63, 3.8) is 0 Å². The van der Waals surface area contributed by atoms with E-state index in [9.17, 15) is 13.2 Å². The standard InChI is InChI=1S/C18H23N3O3S2/c1-11-8-12(2)17(13(3)9-11)26(23,24)19-7-6-16(22)21-18-20-15(10-25-18)14-4-5-14/h8-10,14,19H,4-7H2,1-3H3,(H,20,21,22). The van der Waals surface area contributed by atoms with Crippen LogP contribution in [0.25, 0.3) is 0 Å². The maximum Gasteiger partial charge on any atom is 0.241 e. The highest BCUT2D eigenvalue weighted by Crippen LogP contribution is 2.40. The Hall–Kier alpha value is -1.77. The topological polar surface area (TPSA) is 88.2 Å². The summed E-state index contributed by atoms with van der Waals surface area (Å²) in [5.74, 6) is 0.298. The molecular formula is C18H23N3O3S2. The van der Waals surface area contributed by atoms with Crippen LogP contribution in [0.5, 0.6) is 0 Å². The van der Waals surface area contributed by atoms with Gasteiger partial charge in [-0.3, -0.25) is 4.79 Å². The fraction of sp³-hybridized carbons (Fsp3) is 0.444. The third-order valence-electron chi connectivity index (χ3n) is 4.28. The van der Waals surface area contributed by atoms with Crippen molar-refractivity contribution in [1.82, 2.24) is 9.71 Å². The van der Waals surface area contributed by atoms with Crippen molar-refractivity contribution in [3.8, 4) is 0 Å². The second kappa shape index (κ2) is 7.46. The Morgan fingerprint density at radius 3 is 2.50 bits per heavy atom. The summed E-state index contributed by atoms with van der Waals surface area (Å²) >= 11 is 1.41. The molecule has 0 radical (unpaired) electrons. The first-order valence-electron chi connectivity index (χ1n) is 8.59. The van der Waals surface area contributed by atoms with Gasteiger partial charge in [-0.1, -0.05) is 17.7 Å². The van der Waals surface area contributed by atoms with Gasteiger partial charge in [0.1, 0.15) is 0 Å². The molecule has 26 heavy (non-hydrogen) atoms. The molecule has 1 saturated carbocycles. The quantitative estimate of drug-likeness (QED) is 0.756. The first-order valence-corrected chi connectivity index (χ1v) is 11.0. The van der Waals surface area contributed by atoms with Crippen molar-refractivity contribution in [2.24, 2.45) is 0 Å². The second-order valence-electron chi connectivity index (χ2n) is 6.78. The van der Waals surface area contributed by atoms with Gasteiger partial charge in [-0.25, -0.2) is 18.1 Å². The van der Waals surface area contributed by atoms with Gasteiger partial charge in [0.05, 0.1) is 10.6 Å². The zero-order valence-corrected chi connectivity index (χ0v) is 16.8. The predicted octanol–water partition coefficient (Wildman–Crippen LogP) is 3.25. The summed E-state index contributed by atoms with van der Waals surface area (Å²) in [5.41, 5.74) is 3.47. The van der Waals surface area contributed by atoms with E-state index in [0.29, 0.717) is 22.2 Å². The Bertz CT molecular complexity index is 908. The molecule has 1 aromatic carbocycles. The number of hydrogen-bond donors (Lipinski definition) is 2. The van der Waals surface area contributed by atoms with E-state index in [1.165, 1.54) is 11.3 Å². The monoisotopic (exact) mass is 393 g/mol. The molecule has 6 nitrogen and oxygen atoms in total. The molecule has 0 bridgehead atoms. The van der Waals surface area contributed by atoms with E-state index in [1.54, 1.807) is 13.8 Å². The average molecular weight is 394 g/mol. The van der Waals surface area contributed by atoms with Crippen molar-refractivity contribution < 1.29 is 13.2 Å². The lowest BCUT2D eigenvalue weighted by molar-refractivity contribution is -0.116. The van der Waals surface area contributed by atoms with Crippen molar-refractivity contribution in [1.29, 1.82) is 0 Å². The number of amides is 1. The number of rotatable bonds is 7. The normalized spacial score (nSPS) is 14.4. The Morgan fingerprint density at radius 2 is 1.88 bits per heavy atom. The lowest BCUT2D eigenvalue weighted by Gasteiger charge is -2.13. The van der Waals surface area contributed by atoms with Crippen LogP contribution in [0.1, 0.15) is 47.6 Å². The first-order chi connectivity index (χ1) is 12.3. The van der Waals surface area contributed by atoms with Crippen molar-refractivity contribution >= 4 is 32.4 Å². The molecule has 1 aliphatic carbocycles. The molecule has 1 aliphatic rings. The molecule has 2 aromatic rings. The minimum absolute atomic E-state index is 0.0434. The minimum atomic E-state index is -3.65. The third-order valence-corrected chi connectivity index (χ3v) is 6.82. The van der Waals surface area contributed by atoms with Gasteiger partial charge in [-0.15, -0.1) is 11.3 Å². The summed E-state index contributed by atoms with van der Waals surface area (Å²) in [4.78, 5) is 16.7. The van der Waals surface area contributed by atoms with Crippen LogP contribution < -0.4 is 10.0 Å². The zero-order chi connectivity index (χ0) is 18.9. The number of benzene rings is 1. The number of carbonyl (C=O) groups excluding carboxylic acids is 1. The van der Waals surface area contributed by atoms with E-state index in [1.807, 2.05) is 24.4 Å². The minimum Gasteiger partial charge on any atom is -0.302 e. The molecule has 0 atom stereocenters. The number of aryl methyl sites for hydroxylation is 3. The number of nitrogens with one attached hydrogen (secondary N) is 2. The van der Waals surface area contributed by atoms with E-state index < -0.39 is 10.0 Å². The summed E-state index contributed by atoms with van der Waals surface area (Å²) in [6.45, 7) is 5.53. The molecule has 2 N–H and O–H groups in total. The van der Waals surface area contributed by atoms with Crippen LogP contribution in [0.2, 0.25) is 0 Å². The van der Waals surface area contributed by atoms with Crippen LogP contribution in [0.15, 0.2) is 22.4 Å². The third kappa shape index (κ3) is 4.49. The molecule has 0 aliphatic heterocycles. The lowest BCUT2D eigenvalue weighted by atomic mass is 10.1. The van der Waals surface area contributed by atoms with Gasteiger partial charge in [0.15, 0.2) is 5.13 Å². The molecule has 1 aromatic heterocycles. The Balaban J connectivity index is 1.55. The zero-order valence-electron chi connectivity index (χ0n) is 15.1. The van der Waals surface area contributed by atoms with Crippen LogP contribution in [0, 0.1) is 20.8 Å². The molecule has 140 valence electrons. The fourth-order valence-corrected chi connectivity index (χ4v) is 5.34. The van der Waals surface area contributed by atoms with E-state index in [-0.39, 0.29) is 23.8 Å². The fourth-order valence-electron chi connectivity index (χ4n) is 3.05. The molecule has 8 heteroatoms. The van der Waals surface area contributed by atoms with Gasteiger partial charge in [0.2, 0.25) is 15.9 Å². The van der Waals surface area contributed by atoms with Gasteiger partial charge in [-0.05, 0) is 44.7 Å². The molecule has 3 rings (SSSR count). The van der Waals surface area contributed by atoms with Crippen LogP contribution in [0.4, 0.5) is 5.13 Å². The van der Waals surface area contributed by atoms with E-state index >= 15 is 0 Å². The molecule has 1 fully saturated rings. The highest BCUT2D eigenvalue weighted by Gasteiger charge is 2.26. The number of hydrogen-bond acceptors (Lipinski definition) is 5. The van der Waals surface area contributed by atoms with Crippen molar-refractivity contribution in [3.05, 3.63) is 39.9 Å². The maximum atomic E-state index is 12.6. The molecule has 0 spiro atoms. The number of thiazole rings is 1. The smallest absolute Gasteiger partial charge is 0.241 e. The molecule has 1 heterocycles. The first kappa shape index (κ1) is 19.0. The van der Waals surface area contributed by atoms with Crippen LogP contribution >= 0.6 is 11.3 Å². The van der Waals surface area contributed by atoms with E-state index in [2.05, 4.69) is 15.0 Å². The molecule has 0 unspecified atom stereocenters. The van der Waals surface area contributed by atoms with E-state index in [4.69, 9.17) is 0 Å². The van der Waals surface area contributed by atoms with Crippen molar-refractivity contribution in [2.75, 3.05) is 11.9 Å². The highest BCUT2D eigenvalue weighted by molar-refractivity contribution is 7.89. The number of sulfonamides is 1. The second-order valence-corrected chi connectivity index (χ2v) is 9.34. The summed E-state index contributed by atoms with van der Waals surface area (Å²) in [6.07, 6.45) is 2.38.